The second-order valence-electron chi connectivity index (χ2n) is 7.52. The van der Waals surface area contributed by atoms with E-state index in [1.54, 1.807) is 24.3 Å². The monoisotopic (exact) mass is 525 g/mol. The van der Waals surface area contributed by atoms with Gasteiger partial charge in [-0.1, -0.05) is 58.9 Å². The number of ether oxygens (including phenoxy) is 1. The number of halogens is 2. The van der Waals surface area contributed by atoms with E-state index in [-0.39, 0.29) is 17.9 Å². The summed E-state index contributed by atoms with van der Waals surface area (Å²) in [5.74, 6) is -2.37. The van der Waals surface area contributed by atoms with Gasteiger partial charge in [0.25, 0.3) is 5.91 Å². The Morgan fingerprint density at radius 1 is 1.18 bits per heavy atom. The molecule has 0 bridgehead atoms. The van der Waals surface area contributed by atoms with Crippen LogP contribution < -0.4 is 4.90 Å². The maximum atomic E-state index is 15.1. The van der Waals surface area contributed by atoms with E-state index >= 15 is 4.39 Å². The van der Waals surface area contributed by atoms with Gasteiger partial charge in [-0.05, 0) is 35.9 Å². The number of nitrogens with zero attached hydrogens (tertiary/aromatic N) is 2. The third kappa shape index (κ3) is 5.01. The number of fused-ring (bicyclic) bond motifs is 1. The molecule has 0 fully saturated rings. The molecule has 0 saturated carbocycles. The number of carbonyl (C=O) groups excluding carboxylic acids is 1. The average molecular weight is 526 g/mol. The third-order valence-electron chi connectivity index (χ3n) is 5.24. The number of hydrogen-bond donors (Lipinski definition) is 3. The molecule has 3 N–H and O–H groups in total. The number of amides is 1. The van der Waals surface area contributed by atoms with Crippen molar-refractivity contribution in [2.45, 2.75) is 18.9 Å². The molecule has 0 saturated heterocycles. The Morgan fingerprint density at radius 3 is 2.65 bits per heavy atom. The van der Waals surface area contributed by atoms with Gasteiger partial charge in [-0.3, -0.25) is 9.69 Å². The summed E-state index contributed by atoms with van der Waals surface area (Å²) in [6.07, 6.45) is -0.161. The zero-order valence-corrected chi connectivity index (χ0v) is 19.4. The van der Waals surface area contributed by atoms with Gasteiger partial charge in [0.05, 0.1) is 24.0 Å². The first-order chi connectivity index (χ1) is 16.3. The molecule has 1 aromatic heterocycles. The van der Waals surface area contributed by atoms with Gasteiger partial charge in [0.15, 0.2) is 12.0 Å². The van der Waals surface area contributed by atoms with Crippen LogP contribution in [0.3, 0.4) is 0 Å². The SMILES string of the molecule is C=C(O)C(=O)N(c1ccc2nc[nH]c2c1)[C@H](c1ccc(Br)cc1F)C(O)OCc1ccccc1. The smallest absolute Gasteiger partial charge is 0.293 e. The van der Waals surface area contributed by atoms with Gasteiger partial charge >= 0.3 is 0 Å². The van der Waals surface area contributed by atoms with Crippen LogP contribution in [-0.4, -0.2) is 32.4 Å². The average Bonchev–Trinajstić information content (AvgIpc) is 3.30. The van der Waals surface area contributed by atoms with Crippen LogP contribution in [0.25, 0.3) is 11.0 Å². The summed E-state index contributed by atoms with van der Waals surface area (Å²) in [5, 5.41) is 21.1. The van der Waals surface area contributed by atoms with Crippen molar-refractivity contribution >= 4 is 38.6 Å². The van der Waals surface area contributed by atoms with Crippen LogP contribution in [0.2, 0.25) is 0 Å². The second-order valence-corrected chi connectivity index (χ2v) is 8.44. The summed E-state index contributed by atoms with van der Waals surface area (Å²) in [6.45, 7) is 3.35. The molecule has 7 nitrogen and oxygen atoms in total. The highest BCUT2D eigenvalue weighted by Crippen LogP contribution is 2.35. The first-order valence-corrected chi connectivity index (χ1v) is 11.1. The van der Waals surface area contributed by atoms with Gasteiger partial charge in [0, 0.05) is 15.7 Å². The quantitative estimate of drug-likeness (QED) is 0.168. The molecule has 2 atom stereocenters. The number of nitrogens with one attached hydrogen (secondary N) is 1. The zero-order valence-electron chi connectivity index (χ0n) is 17.9. The topological polar surface area (TPSA) is 98.7 Å². The van der Waals surface area contributed by atoms with Gasteiger partial charge in [0.1, 0.15) is 11.9 Å². The number of aliphatic hydroxyl groups is 2. The molecule has 0 radical (unpaired) electrons. The number of rotatable bonds is 8. The molecule has 0 spiro atoms. The molecule has 1 amide bonds. The molecule has 174 valence electrons. The summed E-state index contributed by atoms with van der Waals surface area (Å²) in [5.41, 5.74) is 2.29. The Balaban J connectivity index is 1.81. The van der Waals surface area contributed by atoms with E-state index in [0.29, 0.717) is 15.5 Å². The molecule has 1 heterocycles. The normalized spacial score (nSPS) is 12.9. The summed E-state index contributed by atoms with van der Waals surface area (Å²) < 4.78 is 21.3. The van der Waals surface area contributed by atoms with Crippen molar-refractivity contribution in [1.82, 2.24) is 9.97 Å². The molecular weight excluding hydrogens is 505 g/mol. The van der Waals surface area contributed by atoms with E-state index in [0.717, 1.165) is 10.5 Å². The lowest BCUT2D eigenvalue weighted by molar-refractivity contribution is -0.134. The molecule has 0 aliphatic rings. The van der Waals surface area contributed by atoms with E-state index in [1.165, 1.54) is 18.5 Å². The zero-order chi connectivity index (χ0) is 24.2. The van der Waals surface area contributed by atoms with Crippen molar-refractivity contribution < 1.29 is 24.1 Å². The van der Waals surface area contributed by atoms with E-state index in [2.05, 4.69) is 32.5 Å². The van der Waals surface area contributed by atoms with Crippen molar-refractivity contribution in [3.05, 3.63) is 107 Å². The van der Waals surface area contributed by atoms with Crippen LogP contribution in [0, 0.1) is 5.82 Å². The Kier molecular flexibility index (Phi) is 7.06. The highest BCUT2D eigenvalue weighted by Gasteiger charge is 2.36. The first-order valence-electron chi connectivity index (χ1n) is 10.3. The minimum Gasteiger partial charge on any atom is -0.503 e. The van der Waals surface area contributed by atoms with Crippen LogP contribution in [0.5, 0.6) is 0 Å². The first kappa shape index (κ1) is 23.6. The van der Waals surface area contributed by atoms with E-state index in [9.17, 15) is 15.0 Å². The molecule has 4 rings (SSSR count). The molecule has 0 aliphatic heterocycles. The number of aromatic amines is 1. The lowest BCUT2D eigenvalue weighted by atomic mass is 10.0. The number of imidazole rings is 1. The van der Waals surface area contributed by atoms with E-state index < -0.39 is 29.8 Å². The highest BCUT2D eigenvalue weighted by molar-refractivity contribution is 9.10. The van der Waals surface area contributed by atoms with Crippen LogP contribution in [-0.2, 0) is 16.1 Å². The van der Waals surface area contributed by atoms with Crippen molar-refractivity contribution in [2.24, 2.45) is 0 Å². The fourth-order valence-electron chi connectivity index (χ4n) is 3.63. The minimum absolute atomic E-state index is 0.0110. The third-order valence-corrected chi connectivity index (χ3v) is 5.73. The van der Waals surface area contributed by atoms with Gasteiger partial charge in [-0.15, -0.1) is 0 Å². The largest absolute Gasteiger partial charge is 0.503 e. The Bertz CT molecular complexity index is 1330. The van der Waals surface area contributed by atoms with Crippen molar-refractivity contribution in [2.75, 3.05) is 4.90 Å². The molecule has 1 unspecified atom stereocenters. The van der Waals surface area contributed by atoms with Gasteiger partial charge < -0.3 is 19.9 Å². The Hall–Kier alpha value is -3.53. The Morgan fingerprint density at radius 2 is 1.94 bits per heavy atom. The van der Waals surface area contributed by atoms with Crippen LogP contribution in [0.1, 0.15) is 17.2 Å². The molecular formula is C25H21BrFN3O4. The summed E-state index contributed by atoms with van der Waals surface area (Å²) >= 11 is 3.22. The predicted molar refractivity (Wildman–Crippen MR) is 129 cm³/mol. The van der Waals surface area contributed by atoms with E-state index in [4.69, 9.17) is 4.74 Å². The van der Waals surface area contributed by atoms with Crippen molar-refractivity contribution in [1.29, 1.82) is 0 Å². The number of aromatic nitrogens is 2. The molecule has 3 aromatic carbocycles. The maximum Gasteiger partial charge on any atom is 0.293 e. The Labute approximate surface area is 203 Å². The maximum absolute atomic E-state index is 15.1. The minimum atomic E-state index is -1.66. The number of hydrogen-bond acceptors (Lipinski definition) is 5. The van der Waals surface area contributed by atoms with E-state index in [1.807, 2.05) is 30.3 Å². The van der Waals surface area contributed by atoms with Crippen LogP contribution in [0.4, 0.5) is 10.1 Å². The number of carbonyl (C=O) groups is 1. The lowest BCUT2D eigenvalue weighted by Crippen LogP contribution is -2.43. The predicted octanol–water partition coefficient (Wildman–Crippen LogP) is 5.15. The summed E-state index contributed by atoms with van der Waals surface area (Å²) in [6, 6.07) is 16.9. The highest BCUT2D eigenvalue weighted by atomic mass is 79.9. The van der Waals surface area contributed by atoms with Crippen LogP contribution in [0.15, 0.2) is 89.9 Å². The van der Waals surface area contributed by atoms with Crippen LogP contribution >= 0.6 is 15.9 Å². The number of H-pyrrole nitrogens is 1. The lowest BCUT2D eigenvalue weighted by Gasteiger charge is -2.35. The number of benzene rings is 3. The fourth-order valence-corrected chi connectivity index (χ4v) is 3.96. The second kappa shape index (κ2) is 10.2. The van der Waals surface area contributed by atoms with Gasteiger partial charge in [0.2, 0.25) is 0 Å². The van der Waals surface area contributed by atoms with Crippen molar-refractivity contribution in [3.63, 3.8) is 0 Å². The molecule has 0 aliphatic carbocycles. The number of aliphatic hydroxyl groups excluding tert-OH is 2. The summed E-state index contributed by atoms with van der Waals surface area (Å²) in [7, 11) is 0. The molecule has 4 aromatic rings. The standard InChI is InChI=1S/C25H21BrFN3O4/c1-15(31)24(32)30(18-8-10-21-22(12-18)29-14-28-21)23(19-9-7-17(26)11-20(19)27)25(33)34-13-16-5-3-2-4-6-16/h2-12,14,23,25,31,33H,1,13H2,(H,28,29)/t23-,25?/m1/s1. The van der Waals surface area contributed by atoms with Gasteiger partial charge in [-0.2, -0.15) is 0 Å². The van der Waals surface area contributed by atoms with Crippen molar-refractivity contribution in [3.8, 4) is 0 Å². The fraction of sp³-hybridized carbons (Fsp3) is 0.120. The van der Waals surface area contributed by atoms with Gasteiger partial charge in [-0.25, -0.2) is 9.37 Å². The summed E-state index contributed by atoms with van der Waals surface area (Å²) in [4.78, 5) is 21.3. The molecule has 9 heteroatoms. The molecule has 34 heavy (non-hydrogen) atoms. The number of anilines is 1.